The van der Waals surface area contributed by atoms with E-state index in [1.165, 1.54) is 12.1 Å². The van der Waals surface area contributed by atoms with Gasteiger partial charge in [0, 0.05) is 18.3 Å². The largest absolute Gasteiger partial charge is 0.507 e. The highest BCUT2D eigenvalue weighted by atomic mass is 16.5. The van der Waals surface area contributed by atoms with Crippen molar-refractivity contribution in [3.05, 3.63) is 23.8 Å². The first kappa shape index (κ1) is 13.9. The molecule has 0 radical (unpaired) electrons. The SMILES string of the molecule is NCCOCC(=O)Nc1ccc(C(=O)O)c(O)c1. The number of benzene rings is 1. The molecule has 7 nitrogen and oxygen atoms in total. The highest BCUT2D eigenvalue weighted by Gasteiger charge is 2.10. The molecule has 0 aromatic heterocycles. The molecule has 5 N–H and O–H groups in total. The molecule has 0 saturated carbocycles. The van der Waals surface area contributed by atoms with Gasteiger partial charge in [0.05, 0.1) is 6.61 Å². The molecule has 1 aromatic carbocycles. The average Bonchev–Trinajstić information content (AvgIpc) is 2.28. The van der Waals surface area contributed by atoms with Crippen LogP contribution in [0.4, 0.5) is 5.69 Å². The van der Waals surface area contributed by atoms with Gasteiger partial charge in [-0.3, -0.25) is 4.79 Å². The molecule has 0 aliphatic heterocycles. The number of aromatic hydroxyl groups is 1. The van der Waals surface area contributed by atoms with Crippen LogP contribution in [0.1, 0.15) is 10.4 Å². The smallest absolute Gasteiger partial charge is 0.339 e. The first-order valence-corrected chi connectivity index (χ1v) is 5.18. The van der Waals surface area contributed by atoms with Crippen LogP contribution < -0.4 is 11.1 Å². The standard InChI is InChI=1S/C11H14N2O5/c12-3-4-18-6-10(15)13-7-1-2-8(11(16)17)9(14)5-7/h1-2,5,14H,3-4,6,12H2,(H,13,15)(H,16,17). The summed E-state index contributed by atoms with van der Waals surface area (Å²) >= 11 is 0. The van der Waals surface area contributed by atoms with Crippen molar-refractivity contribution in [3.63, 3.8) is 0 Å². The minimum atomic E-state index is -1.24. The summed E-state index contributed by atoms with van der Waals surface area (Å²) in [6, 6.07) is 3.74. The lowest BCUT2D eigenvalue weighted by Gasteiger charge is -2.07. The second-order valence-electron chi connectivity index (χ2n) is 3.43. The molecule has 0 unspecified atom stereocenters. The Bertz CT molecular complexity index is 447. The van der Waals surface area contributed by atoms with E-state index in [0.29, 0.717) is 12.2 Å². The van der Waals surface area contributed by atoms with Crippen LogP contribution in [-0.2, 0) is 9.53 Å². The topological polar surface area (TPSA) is 122 Å². The van der Waals surface area contributed by atoms with Crippen LogP contribution in [0.3, 0.4) is 0 Å². The van der Waals surface area contributed by atoms with E-state index in [0.717, 1.165) is 6.07 Å². The number of carboxylic acids is 1. The lowest BCUT2D eigenvalue weighted by atomic mass is 10.2. The zero-order chi connectivity index (χ0) is 13.5. The maximum absolute atomic E-state index is 11.3. The van der Waals surface area contributed by atoms with Crippen molar-refractivity contribution in [2.45, 2.75) is 0 Å². The Labute approximate surface area is 103 Å². The minimum absolute atomic E-state index is 0.154. The Balaban J connectivity index is 2.60. The molecule has 0 saturated heterocycles. The third-order valence-corrected chi connectivity index (χ3v) is 2.01. The quantitative estimate of drug-likeness (QED) is 0.530. The summed E-state index contributed by atoms with van der Waals surface area (Å²) in [5.41, 5.74) is 5.25. The second kappa shape index (κ2) is 6.58. The van der Waals surface area contributed by atoms with Crippen molar-refractivity contribution in [1.29, 1.82) is 0 Å². The monoisotopic (exact) mass is 254 g/mol. The summed E-state index contributed by atoms with van der Waals surface area (Å²) in [5.74, 6) is -2.06. The third-order valence-electron chi connectivity index (χ3n) is 2.01. The first-order chi connectivity index (χ1) is 8.54. The lowest BCUT2D eigenvalue weighted by molar-refractivity contribution is -0.120. The van der Waals surface area contributed by atoms with Crippen molar-refractivity contribution < 1.29 is 24.5 Å². The van der Waals surface area contributed by atoms with E-state index in [2.05, 4.69) is 5.32 Å². The summed E-state index contributed by atoms with van der Waals surface area (Å²) < 4.78 is 4.92. The van der Waals surface area contributed by atoms with Gasteiger partial charge in [0.15, 0.2) is 0 Å². The van der Waals surface area contributed by atoms with Gasteiger partial charge < -0.3 is 26.0 Å². The molecule has 0 heterocycles. The Morgan fingerprint density at radius 1 is 1.39 bits per heavy atom. The van der Waals surface area contributed by atoms with E-state index in [-0.39, 0.29) is 18.8 Å². The fourth-order valence-electron chi connectivity index (χ4n) is 1.24. The fourth-order valence-corrected chi connectivity index (χ4v) is 1.24. The predicted octanol–water partition coefficient (Wildman–Crippen LogP) is 0.00420. The number of phenols is 1. The van der Waals surface area contributed by atoms with Crippen LogP contribution in [0.15, 0.2) is 18.2 Å². The van der Waals surface area contributed by atoms with Crippen molar-refractivity contribution in [2.75, 3.05) is 25.1 Å². The molecule has 0 spiro atoms. The second-order valence-corrected chi connectivity index (χ2v) is 3.43. The number of nitrogens with one attached hydrogen (secondary N) is 1. The van der Waals surface area contributed by atoms with Crippen LogP contribution in [0, 0.1) is 0 Å². The molecule has 1 amide bonds. The van der Waals surface area contributed by atoms with E-state index in [9.17, 15) is 14.7 Å². The van der Waals surface area contributed by atoms with Gasteiger partial charge in [-0.15, -0.1) is 0 Å². The van der Waals surface area contributed by atoms with Gasteiger partial charge in [-0.2, -0.15) is 0 Å². The molecular weight excluding hydrogens is 240 g/mol. The van der Waals surface area contributed by atoms with Crippen LogP contribution in [0.5, 0.6) is 5.75 Å². The van der Waals surface area contributed by atoms with Gasteiger partial charge in [-0.05, 0) is 12.1 Å². The first-order valence-electron chi connectivity index (χ1n) is 5.18. The van der Waals surface area contributed by atoms with Crippen molar-refractivity contribution in [3.8, 4) is 5.75 Å². The molecule has 1 rings (SSSR count). The molecule has 0 aliphatic rings. The Kier molecular flexibility index (Phi) is 5.09. The number of carboxylic acid groups (broad SMARTS) is 1. The van der Waals surface area contributed by atoms with Gasteiger partial charge in [-0.25, -0.2) is 4.79 Å². The lowest BCUT2D eigenvalue weighted by Crippen LogP contribution is -2.20. The average molecular weight is 254 g/mol. The summed E-state index contributed by atoms with van der Waals surface area (Å²) in [7, 11) is 0. The number of aromatic carboxylic acids is 1. The highest BCUT2D eigenvalue weighted by molar-refractivity contribution is 5.94. The number of carbonyl (C=O) groups is 2. The Morgan fingerprint density at radius 3 is 2.67 bits per heavy atom. The zero-order valence-corrected chi connectivity index (χ0v) is 9.55. The molecule has 0 aliphatic carbocycles. The summed E-state index contributed by atoms with van der Waals surface area (Å²) in [5, 5.41) is 20.6. The van der Waals surface area contributed by atoms with Gasteiger partial charge in [0.1, 0.15) is 17.9 Å². The molecule has 1 aromatic rings. The van der Waals surface area contributed by atoms with Crippen LogP contribution in [-0.4, -0.2) is 41.8 Å². The molecule has 18 heavy (non-hydrogen) atoms. The molecule has 0 fully saturated rings. The Hall–Kier alpha value is -2.12. The fraction of sp³-hybridized carbons (Fsp3) is 0.273. The van der Waals surface area contributed by atoms with Gasteiger partial charge >= 0.3 is 5.97 Å². The Morgan fingerprint density at radius 2 is 2.11 bits per heavy atom. The van der Waals surface area contributed by atoms with E-state index < -0.39 is 17.6 Å². The van der Waals surface area contributed by atoms with Crippen molar-refractivity contribution in [2.24, 2.45) is 5.73 Å². The number of anilines is 1. The third kappa shape index (κ3) is 4.04. The summed E-state index contributed by atoms with van der Waals surface area (Å²) in [4.78, 5) is 22.0. The van der Waals surface area contributed by atoms with Crippen LogP contribution in [0.2, 0.25) is 0 Å². The predicted molar refractivity (Wildman–Crippen MR) is 63.6 cm³/mol. The number of amides is 1. The molecule has 0 bridgehead atoms. The minimum Gasteiger partial charge on any atom is -0.507 e. The molecule has 98 valence electrons. The van der Waals surface area contributed by atoms with E-state index >= 15 is 0 Å². The number of ether oxygens (including phenoxy) is 1. The number of nitrogens with two attached hydrogens (primary N) is 1. The van der Waals surface area contributed by atoms with Crippen LogP contribution >= 0.6 is 0 Å². The van der Waals surface area contributed by atoms with Gasteiger partial charge in [0.2, 0.25) is 5.91 Å². The van der Waals surface area contributed by atoms with E-state index in [4.69, 9.17) is 15.6 Å². The maximum atomic E-state index is 11.3. The van der Waals surface area contributed by atoms with E-state index in [1.54, 1.807) is 0 Å². The number of hydrogen-bond acceptors (Lipinski definition) is 5. The molecular formula is C11H14N2O5. The normalized spacial score (nSPS) is 10.1. The maximum Gasteiger partial charge on any atom is 0.339 e. The molecule has 7 heteroatoms. The van der Waals surface area contributed by atoms with Crippen molar-refractivity contribution >= 4 is 17.6 Å². The van der Waals surface area contributed by atoms with Gasteiger partial charge in [0.25, 0.3) is 0 Å². The van der Waals surface area contributed by atoms with Crippen molar-refractivity contribution in [1.82, 2.24) is 0 Å². The highest BCUT2D eigenvalue weighted by Crippen LogP contribution is 2.21. The van der Waals surface area contributed by atoms with Crippen LogP contribution in [0.25, 0.3) is 0 Å². The summed E-state index contributed by atoms with van der Waals surface area (Å²) in [6.07, 6.45) is 0. The number of rotatable bonds is 6. The van der Waals surface area contributed by atoms with E-state index in [1.807, 2.05) is 0 Å². The summed E-state index contributed by atoms with van der Waals surface area (Å²) in [6.45, 7) is 0.441. The van der Waals surface area contributed by atoms with Gasteiger partial charge in [-0.1, -0.05) is 0 Å². The number of carbonyl (C=O) groups excluding carboxylic acids is 1. The number of hydrogen-bond donors (Lipinski definition) is 4. The molecule has 0 atom stereocenters. The zero-order valence-electron chi connectivity index (χ0n) is 9.55.